The molecule has 0 spiro atoms. The molecule has 2 aromatic heterocycles. The fraction of sp³-hybridized carbons (Fsp3) is 0.618. The zero-order valence-corrected chi connectivity index (χ0v) is 27.6. The number of rotatable bonds is 13. The van der Waals surface area contributed by atoms with Crippen LogP contribution in [0, 0.1) is 5.92 Å². The van der Waals surface area contributed by atoms with Crippen molar-refractivity contribution in [1.29, 1.82) is 0 Å². The maximum Gasteiger partial charge on any atom is 0.276 e. The Morgan fingerprint density at radius 1 is 1.09 bits per heavy atom. The van der Waals surface area contributed by atoms with Crippen LogP contribution in [-0.2, 0) is 28.0 Å². The van der Waals surface area contributed by atoms with Crippen LogP contribution in [0.2, 0.25) is 0 Å². The second kappa shape index (κ2) is 15.2. The number of pyridine rings is 1. The summed E-state index contributed by atoms with van der Waals surface area (Å²) in [4.78, 5) is 25.0. The Balaban J connectivity index is 1.43. The van der Waals surface area contributed by atoms with Gasteiger partial charge in [-0.3, -0.25) is 13.6 Å². The number of benzene rings is 1. The average molecular weight is 644 g/mol. The van der Waals surface area contributed by atoms with Crippen LogP contribution >= 0.6 is 0 Å². The molecule has 2 saturated heterocycles. The standard InChI is InChI=1S/C34H47F2N5O3S/c1-4-5-17-44-18-7-14-41-32-30(22-29(33(41)42)25-12-19-45(43)20-13-25)31(37-23-38-32)39-24(2)26-8-6-9-28(21-26)34(35,36)27-10-15-40(3)16-11-27/h6,8-9,21-25,27H,4-5,7,10-20H2,1-3H3,(H,37,38,39)/t24-,25?,45?/m1/s1. The van der Waals surface area contributed by atoms with Crippen molar-refractivity contribution in [2.45, 2.75) is 83.2 Å². The molecule has 1 atom stereocenters. The summed E-state index contributed by atoms with van der Waals surface area (Å²) in [5.74, 6) is -1.86. The van der Waals surface area contributed by atoms with Crippen LogP contribution in [0.25, 0.3) is 11.0 Å². The number of unbranched alkanes of at least 4 members (excludes halogenated alkanes) is 1. The summed E-state index contributed by atoms with van der Waals surface area (Å²) in [7, 11) is 1.13. The van der Waals surface area contributed by atoms with Crippen molar-refractivity contribution in [1.82, 2.24) is 19.4 Å². The van der Waals surface area contributed by atoms with E-state index in [9.17, 15) is 9.00 Å². The van der Waals surface area contributed by atoms with E-state index in [0.29, 0.717) is 98.9 Å². The number of halogens is 2. The van der Waals surface area contributed by atoms with Crippen molar-refractivity contribution in [3.8, 4) is 0 Å². The van der Waals surface area contributed by atoms with Crippen molar-refractivity contribution in [2.24, 2.45) is 5.92 Å². The van der Waals surface area contributed by atoms with Crippen LogP contribution in [0.5, 0.6) is 0 Å². The SMILES string of the molecule is CCCCOCCCn1c(=O)c(C2CCS(=O)CC2)cc2c(N[C@H](C)c3cccc(C(F)(F)C4CCN(C)CC4)c3)ncnc21. The molecule has 2 fully saturated rings. The topological polar surface area (TPSA) is 89.4 Å². The highest BCUT2D eigenvalue weighted by atomic mass is 32.2. The summed E-state index contributed by atoms with van der Waals surface area (Å²) in [5.41, 5.74) is 1.93. The van der Waals surface area contributed by atoms with Gasteiger partial charge in [0, 0.05) is 65.2 Å². The van der Waals surface area contributed by atoms with E-state index in [1.165, 1.54) is 12.4 Å². The monoisotopic (exact) mass is 643 g/mol. The number of alkyl halides is 2. The molecule has 45 heavy (non-hydrogen) atoms. The highest BCUT2D eigenvalue weighted by Gasteiger charge is 2.42. The molecule has 0 bridgehead atoms. The predicted molar refractivity (Wildman–Crippen MR) is 177 cm³/mol. The molecule has 11 heteroatoms. The average Bonchev–Trinajstić information content (AvgIpc) is 3.04. The molecule has 0 aliphatic carbocycles. The lowest BCUT2D eigenvalue weighted by molar-refractivity contribution is -0.0837. The largest absolute Gasteiger partial charge is 0.381 e. The molecule has 8 nitrogen and oxygen atoms in total. The number of likely N-dealkylation sites (tertiary alicyclic amines) is 1. The second-order valence-electron chi connectivity index (χ2n) is 12.6. The number of hydrogen-bond donors (Lipinski definition) is 1. The Morgan fingerprint density at radius 3 is 2.56 bits per heavy atom. The van der Waals surface area contributed by atoms with Crippen molar-refractivity contribution < 1.29 is 17.7 Å². The molecular formula is C34H47F2N5O3S. The van der Waals surface area contributed by atoms with E-state index < -0.39 is 22.6 Å². The van der Waals surface area contributed by atoms with Crippen LogP contribution in [0.3, 0.4) is 0 Å². The Bertz CT molecular complexity index is 1520. The molecule has 0 saturated carbocycles. The molecule has 2 aliphatic rings. The second-order valence-corrected chi connectivity index (χ2v) is 14.3. The number of fused-ring (bicyclic) bond motifs is 1. The molecule has 3 aromatic rings. The van der Waals surface area contributed by atoms with Gasteiger partial charge >= 0.3 is 0 Å². The van der Waals surface area contributed by atoms with Crippen molar-refractivity contribution >= 4 is 27.7 Å². The summed E-state index contributed by atoms with van der Waals surface area (Å²) in [6.45, 7) is 7.11. The van der Waals surface area contributed by atoms with Crippen molar-refractivity contribution in [3.63, 3.8) is 0 Å². The van der Waals surface area contributed by atoms with Gasteiger partial charge in [0.25, 0.3) is 11.5 Å². The van der Waals surface area contributed by atoms with Crippen LogP contribution < -0.4 is 10.9 Å². The smallest absolute Gasteiger partial charge is 0.276 e. The van der Waals surface area contributed by atoms with E-state index in [1.54, 1.807) is 16.7 Å². The minimum atomic E-state index is -2.91. The van der Waals surface area contributed by atoms with Crippen LogP contribution in [0.15, 0.2) is 41.5 Å². The van der Waals surface area contributed by atoms with Gasteiger partial charge in [-0.15, -0.1) is 0 Å². The van der Waals surface area contributed by atoms with E-state index >= 15 is 8.78 Å². The van der Waals surface area contributed by atoms with Gasteiger partial charge in [-0.2, -0.15) is 0 Å². The predicted octanol–water partition coefficient (Wildman–Crippen LogP) is 6.23. The molecule has 0 unspecified atom stereocenters. The molecule has 1 aromatic carbocycles. The Kier molecular flexibility index (Phi) is 11.4. The van der Waals surface area contributed by atoms with Gasteiger partial charge in [0.2, 0.25) is 0 Å². The number of nitrogens with zero attached hydrogens (tertiary/aromatic N) is 4. The quantitative estimate of drug-likeness (QED) is 0.221. The highest BCUT2D eigenvalue weighted by Crippen LogP contribution is 2.42. The van der Waals surface area contributed by atoms with Gasteiger partial charge in [0.05, 0.1) is 5.39 Å². The number of aromatic nitrogens is 3. The first-order valence-corrected chi connectivity index (χ1v) is 17.9. The van der Waals surface area contributed by atoms with Gasteiger partial charge in [-0.05, 0) is 89.2 Å². The lowest BCUT2D eigenvalue weighted by atomic mass is 9.86. The Morgan fingerprint density at radius 2 is 1.82 bits per heavy atom. The number of nitrogens with one attached hydrogen (secondary N) is 1. The molecule has 0 radical (unpaired) electrons. The lowest BCUT2D eigenvalue weighted by Gasteiger charge is -2.34. The summed E-state index contributed by atoms with van der Waals surface area (Å²) in [6, 6.07) is 8.27. The molecule has 2 aliphatic heterocycles. The summed E-state index contributed by atoms with van der Waals surface area (Å²) in [5, 5.41) is 4.16. The third-order valence-corrected chi connectivity index (χ3v) is 10.8. The summed E-state index contributed by atoms with van der Waals surface area (Å²) >= 11 is 0. The first-order chi connectivity index (χ1) is 21.7. The normalized spacial score (nSPS) is 20.8. The van der Waals surface area contributed by atoms with Crippen molar-refractivity contribution in [2.75, 3.05) is 50.2 Å². The maximum absolute atomic E-state index is 15.6. The van der Waals surface area contributed by atoms with E-state index in [-0.39, 0.29) is 23.1 Å². The highest BCUT2D eigenvalue weighted by molar-refractivity contribution is 7.85. The third kappa shape index (κ3) is 7.97. The van der Waals surface area contributed by atoms with Gasteiger partial charge in [-0.25, -0.2) is 18.7 Å². The van der Waals surface area contributed by atoms with E-state index in [0.717, 1.165) is 18.4 Å². The lowest BCUT2D eigenvalue weighted by Crippen LogP contribution is -2.37. The number of anilines is 1. The number of aryl methyl sites for hydroxylation is 1. The van der Waals surface area contributed by atoms with Gasteiger partial charge < -0.3 is 15.0 Å². The molecule has 246 valence electrons. The fourth-order valence-electron chi connectivity index (χ4n) is 6.51. The first kappa shape index (κ1) is 33.6. The molecule has 4 heterocycles. The van der Waals surface area contributed by atoms with Crippen LogP contribution in [-0.4, -0.2) is 68.5 Å². The van der Waals surface area contributed by atoms with Gasteiger partial charge in [0.15, 0.2) is 0 Å². The molecule has 0 amide bonds. The number of piperidine rings is 1. The zero-order chi connectivity index (χ0) is 32.0. The Hall–Kier alpha value is -2.76. The zero-order valence-electron chi connectivity index (χ0n) is 26.8. The number of hydrogen-bond acceptors (Lipinski definition) is 7. The van der Waals surface area contributed by atoms with E-state index in [2.05, 4.69) is 27.1 Å². The summed E-state index contributed by atoms with van der Waals surface area (Å²) < 4.78 is 50.9. The van der Waals surface area contributed by atoms with Gasteiger partial charge in [-0.1, -0.05) is 31.5 Å². The Labute approximate surface area is 267 Å². The number of ether oxygens (including phenoxy) is 1. The third-order valence-electron chi connectivity index (χ3n) is 9.41. The minimum absolute atomic E-state index is 0.00983. The molecular weight excluding hydrogens is 596 g/mol. The summed E-state index contributed by atoms with van der Waals surface area (Å²) in [6.07, 6.45) is 6.50. The van der Waals surface area contributed by atoms with Crippen LogP contribution in [0.1, 0.15) is 87.4 Å². The first-order valence-electron chi connectivity index (χ1n) is 16.4. The fourth-order valence-corrected chi connectivity index (χ4v) is 7.81. The van der Waals surface area contributed by atoms with Crippen molar-refractivity contribution in [3.05, 3.63) is 63.7 Å². The van der Waals surface area contributed by atoms with Gasteiger partial charge in [0.1, 0.15) is 17.8 Å². The molecule has 5 rings (SSSR count). The van der Waals surface area contributed by atoms with Crippen LogP contribution in [0.4, 0.5) is 14.6 Å². The minimum Gasteiger partial charge on any atom is -0.381 e. The van der Waals surface area contributed by atoms with E-state index in [4.69, 9.17) is 4.74 Å². The van der Waals surface area contributed by atoms with E-state index in [1.807, 2.05) is 26.1 Å². The maximum atomic E-state index is 15.6. The molecule has 1 N–H and O–H groups in total.